The maximum absolute atomic E-state index is 14.1. The van der Waals surface area contributed by atoms with Gasteiger partial charge in [0.2, 0.25) is 5.91 Å². The van der Waals surface area contributed by atoms with E-state index in [1.165, 1.54) is 18.9 Å². The lowest BCUT2D eigenvalue weighted by Gasteiger charge is -2.18. The van der Waals surface area contributed by atoms with Crippen LogP contribution in [0.2, 0.25) is 0 Å². The number of aromatic nitrogens is 1. The topological polar surface area (TPSA) is 111 Å². The van der Waals surface area contributed by atoms with E-state index in [0.717, 1.165) is 38.8 Å². The molecule has 280 valence electrons. The van der Waals surface area contributed by atoms with Gasteiger partial charge in [0.25, 0.3) is 11.8 Å². The van der Waals surface area contributed by atoms with Crippen LogP contribution in [0.5, 0.6) is 11.5 Å². The summed E-state index contributed by atoms with van der Waals surface area (Å²) in [6.07, 6.45) is 1.56. The molecule has 3 amide bonds. The maximum atomic E-state index is 14.1. The Labute approximate surface area is 329 Å². The van der Waals surface area contributed by atoms with E-state index in [4.69, 9.17) is 9.47 Å². The predicted octanol–water partition coefficient (Wildman–Crippen LogP) is 9.71. The SMILES string of the molecule is CCn1c2ccccc2c2cc(NC(=O)C(Sc3cccc(NC(=O)/C(=C\c4ccc(OC)cc4OC)NC(=O)c4ccccc4)c3)c3ccccc3)ccc21. The molecule has 3 N–H and O–H groups in total. The van der Waals surface area contributed by atoms with Crippen LogP contribution in [-0.4, -0.2) is 36.5 Å². The fraction of sp³-hybridized carbons (Fsp3) is 0.109. The summed E-state index contributed by atoms with van der Waals surface area (Å²) < 4.78 is 13.2. The Morgan fingerprint density at radius 2 is 1.41 bits per heavy atom. The highest BCUT2D eigenvalue weighted by atomic mass is 32.2. The third-order valence-electron chi connectivity index (χ3n) is 9.31. The number of ether oxygens (including phenoxy) is 2. The second-order valence-electron chi connectivity index (χ2n) is 12.9. The number of amides is 3. The summed E-state index contributed by atoms with van der Waals surface area (Å²) in [6.45, 7) is 2.96. The number of para-hydroxylation sites is 1. The molecule has 0 saturated carbocycles. The van der Waals surface area contributed by atoms with Gasteiger partial charge in [0.05, 0.1) is 14.2 Å². The van der Waals surface area contributed by atoms with Crippen molar-refractivity contribution >= 4 is 68.7 Å². The number of rotatable bonds is 13. The number of hydrogen-bond acceptors (Lipinski definition) is 6. The number of aryl methyl sites for hydroxylation is 1. The van der Waals surface area contributed by atoms with Gasteiger partial charge >= 0.3 is 0 Å². The third kappa shape index (κ3) is 8.30. The molecule has 56 heavy (non-hydrogen) atoms. The van der Waals surface area contributed by atoms with Gasteiger partial charge in [-0.25, -0.2) is 0 Å². The highest BCUT2D eigenvalue weighted by Crippen LogP contribution is 2.38. The Hall–Kier alpha value is -6.78. The van der Waals surface area contributed by atoms with Crippen LogP contribution in [0, 0.1) is 0 Å². The molecule has 7 aromatic rings. The summed E-state index contributed by atoms with van der Waals surface area (Å²) in [4.78, 5) is 42.1. The molecular weight excluding hydrogens is 721 g/mol. The quantitative estimate of drug-likeness (QED) is 0.0798. The first kappa shape index (κ1) is 37.5. The number of benzene rings is 6. The zero-order valence-corrected chi connectivity index (χ0v) is 31.9. The number of nitrogens with zero attached hydrogens (tertiary/aromatic N) is 1. The number of carbonyl (C=O) groups is 3. The van der Waals surface area contributed by atoms with Gasteiger partial charge in [-0.2, -0.15) is 0 Å². The van der Waals surface area contributed by atoms with Crippen LogP contribution in [0.15, 0.2) is 156 Å². The van der Waals surface area contributed by atoms with Crippen molar-refractivity contribution in [2.75, 3.05) is 24.9 Å². The zero-order valence-electron chi connectivity index (χ0n) is 31.1. The van der Waals surface area contributed by atoms with Crippen LogP contribution < -0.4 is 25.4 Å². The molecule has 0 fully saturated rings. The molecule has 0 spiro atoms. The summed E-state index contributed by atoms with van der Waals surface area (Å²) in [5, 5.41) is 10.5. The van der Waals surface area contributed by atoms with Gasteiger partial charge in [-0.3, -0.25) is 14.4 Å². The van der Waals surface area contributed by atoms with E-state index in [9.17, 15) is 14.4 Å². The molecule has 0 aliphatic carbocycles. The summed E-state index contributed by atoms with van der Waals surface area (Å²) in [7, 11) is 3.07. The smallest absolute Gasteiger partial charge is 0.272 e. The number of carbonyl (C=O) groups excluding carboxylic acids is 3. The van der Waals surface area contributed by atoms with E-state index in [1.54, 1.807) is 61.7 Å². The first-order valence-corrected chi connectivity index (χ1v) is 19.0. The van der Waals surface area contributed by atoms with Gasteiger partial charge in [0.15, 0.2) is 0 Å². The lowest BCUT2D eigenvalue weighted by atomic mass is 10.1. The second kappa shape index (κ2) is 17.1. The van der Waals surface area contributed by atoms with Crippen molar-refractivity contribution in [3.63, 3.8) is 0 Å². The maximum Gasteiger partial charge on any atom is 0.272 e. The molecule has 1 heterocycles. The Balaban J connectivity index is 1.15. The number of methoxy groups -OCH3 is 2. The lowest BCUT2D eigenvalue weighted by molar-refractivity contribution is -0.116. The Morgan fingerprint density at radius 3 is 2.16 bits per heavy atom. The predicted molar refractivity (Wildman–Crippen MR) is 225 cm³/mol. The summed E-state index contributed by atoms with van der Waals surface area (Å²) >= 11 is 1.37. The molecule has 0 aliphatic rings. The van der Waals surface area contributed by atoms with Crippen molar-refractivity contribution in [2.45, 2.75) is 23.6 Å². The van der Waals surface area contributed by atoms with Crippen molar-refractivity contribution < 1.29 is 23.9 Å². The monoisotopic (exact) mass is 760 g/mol. The largest absolute Gasteiger partial charge is 0.497 e. The van der Waals surface area contributed by atoms with Gasteiger partial charge in [-0.05, 0) is 85.3 Å². The fourth-order valence-electron chi connectivity index (χ4n) is 6.60. The first-order chi connectivity index (χ1) is 27.3. The minimum Gasteiger partial charge on any atom is -0.497 e. The highest BCUT2D eigenvalue weighted by molar-refractivity contribution is 8.00. The van der Waals surface area contributed by atoms with Crippen LogP contribution in [0.4, 0.5) is 11.4 Å². The van der Waals surface area contributed by atoms with Crippen LogP contribution >= 0.6 is 11.8 Å². The van der Waals surface area contributed by atoms with Gasteiger partial charge in [-0.15, -0.1) is 11.8 Å². The van der Waals surface area contributed by atoms with Gasteiger partial charge < -0.3 is 30.0 Å². The fourth-order valence-corrected chi connectivity index (χ4v) is 7.68. The molecule has 1 atom stereocenters. The molecule has 7 rings (SSSR count). The van der Waals surface area contributed by atoms with E-state index < -0.39 is 17.1 Å². The van der Waals surface area contributed by atoms with Crippen LogP contribution in [0.3, 0.4) is 0 Å². The van der Waals surface area contributed by atoms with Gasteiger partial charge in [0, 0.05) is 61.8 Å². The summed E-state index contributed by atoms with van der Waals surface area (Å²) in [5.41, 5.74) is 5.23. The molecule has 10 heteroatoms. The van der Waals surface area contributed by atoms with E-state index in [-0.39, 0.29) is 11.6 Å². The summed E-state index contributed by atoms with van der Waals surface area (Å²) in [5.74, 6) is -0.143. The Kier molecular flexibility index (Phi) is 11.5. The molecule has 6 aromatic carbocycles. The van der Waals surface area contributed by atoms with Crippen molar-refractivity contribution in [1.82, 2.24) is 9.88 Å². The zero-order chi connectivity index (χ0) is 39.0. The van der Waals surface area contributed by atoms with Crippen LogP contribution in [0.1, 0.15) is 33.7 Å². The summed E-state index contributed by atoms with van der Waals surface area (Å²) in [6, 6.07) is 45.0. The van der Waals surface area contributed by atoms with Crippen molar-refractivity contribution in [2.24, 2.45) is 0 Å². The molecule has 1 unspecified atom stereocenters. The van der Waals surface area contributed by atoms with Gasteiger partial charge in [0.1, 0.15) is 22.4 Å². The molecular formula is C46H40N4O5S. The van der Waals surface area contributed by atoms with Crippen LogP contribution in [-0.2, 0) is 16.1 Å². The number of nitrogens with one attached hydrogen (secondary N) is 3. The molecule has 0 saturated heterocycles. The molecule has 0 bridgehead atoms. The van der Waals surface area contributed by atoms with Crippen molar-refractivity contribution in [3.8, 4) is 11.5 Å². The van der Waals surface area contributed by atoms with E-state index >= 15 is 0 Å². The second-order valence-corrected chi connectivity index (χ2v) is 14.0. The van der Waals surface area contributed by atoms with E-state index in [0.29, 0.717) is 34.0 Å². The number of thioether (sulfide) groups is 1. The molecule has 0 radical (unpaired) electrons. The van der Waals surface area contributed by atoms with Gasteiger partial charge in [-0.1, -0.05) is 72.8 Å². The molecule has 0 aliphatic heterocycles. The highest BCUT2D eigenvalue weighted by Gasteiger charge is 2.24. The third-order valence-corrected chi connectivity index (χ3v) is 10.6. The normalized spacial score (nSPS) is 11.9. The lowest BCUT2D eigenvalue weighted by Crippen LogP contribution is -2.30. The van der Waals surface area contributed by atoms with E-state index in [1.807, 2.05) is 78.9 Å². The van der Waals surface area contributed by atoms with E-state index in [2.05, 4.69) is 45.6 Å². The molecule has 1 aromatic heterocycles. The number of fused-ring (bicyclic) bond motifs is 3. The first-order valence-electron chi connectivity index (χ1n) is 18.1. The average molecular weight is 761 g/mol. The number of hydrogen-bond donors (Lipinski definition) is 3. The van der Waals surface area contributed by atoms with Crippen molar-refractivity contribution in [1.29, 1.82) is 0 Å². The average Bonchev–Trinajstić information content (AvgIpc) is 3.56. The Bertz CT molecular complexity index is 2570. The van der Waals surface area contributed by atoms with Crippen LogP contribution in [0.25, 0.3) is 27.9 Å². The molecule has 9 nitrogen and oxygen atoms in total. The standard InChI is InChI=1S/C46H40N4O5S/c1-4-50-40-21-12-11-20-37(40)38-28-34(23-25-41(38)50)48-46(53)43(30-14-7-5-8-15-30)56-36-19-13-18-33(27-36)47-45(52)39(49-44(51)31-16-9-6-10-17-31)26-32-22-24-35(54-2)29-42(32)55-3/h5-29,43H,4H2,1-3H3,(H,47,52)(H,48,53)(H,49,51)/b39-26+. The number of anilines is 2. The Morgan fingerprint density at radius 1 is 0.696 bits per heavy atom. The minimum atomic E-state index is -0.613. The van der Waals surface area contributed by atoms with Crippen molar-refractivity contribution in [3.05, 3.63) is 168 Å². The minimum absolute atomic E-state index is 0.000873.